The van der Waals surface area contributed by atoms with Crippen molar-refractivity contribution in [2.24, 2.45) is 11.8 Å². The summed E-state index contributed by atoms with van der Waals surface area (Å²) in [5, 5.41) is 9.89. The standard InChI is InChI=1S/C30H40BrN3O6/c1-7-14-32(19-10-12-20(13-11-19)39-9-3)26(36)22-23-27(37)33(16-17-35)25(30(23)18-21(31)24(22)40-30)28(38)34(15-8-2)29(4,5)6/h7-8,10-13,21-25,35H,1-2,9,14-18H2,3-6H3/t21?,22-,23+,24-,25?,30?/m1/s1. The van der Waals surface area contributed by atoms with Crippen LogP contribution < -0.4 is 9.64 Å². The Morgan fingerprint density at radius 3 is 2.40 bits per heavy atom. The highest BCUT2D eigenvalue weighted by Crippen LogP contribution is 2.60. The molecule has 3 heterocycles. The van der Waals surface area contributed by atoms with Crippen molar-refractivity contribution in [1.29, 1.82) is 0 Å². The number of hydrogen-bond acceptors (Lipinski definition) is 6. The Morgan fingerprint density at radius 1 is 1.20 bits per heavy atom. The number of carbonyl (C=O) groups excluding carboxylic acids is 3. The third kappa shape index (κ3) is 4.99. The van der Waals surface area contributed by atoms with Crippen LogP contribution in [0.25, 0.3) is 0 Å². The number of halogens is 1. The van der Waals surface area contributed by atoms with E-state index in [1.54, 1.807) is 46.2 Å². The maximum Gasteiger partial charge on any atom is 0.249 e. The van der Waals surface area contributed by atoms with Gasteiger partial charge in [-0.25, -0.2) is 0 Å². The van der Waals surface area contributed by atoms with Crippen LogP contribution in [0.2, 0.25) is 0 Å². The van der Waals surface area contributed by atoms with Gasteiger partial charge in [0.1, 0.15) is 17.4 Å². The molecule has 6 atom stereocenters. The number of aliphatic hydroxyl groups excluding tert-OH is 1. The predicted octanol–water partition coefficient (Wildman–Crippen LogP) is 3.16. The van der Waals surface area contributed by atoms with Gasteiger partial charge >= 0.3 is 0 Å². The third-order valence-corrected chi connectivity index (χ3v) is 8.92. The van der Waals surface area contributed by atoms with Crippen molar-refractivity contribution in [3.63, 3.8) is 0 Å². The summed E-state index contributed by atoms with van der Waals surface area (Å²) in [4.78, 5) is 47.1. The van der Waals surface area contributed by atoms with E-state index in [-0.39, 0.29) is 48.8 Å². The van der Waals surface area contributed by atoms with Crippen LogP contribution in [0.4, 0.5) is 5.69 Å². The molecular weight excluding hydrogens is 578 g/mol. The minimum Gasteiger partial charge on any atom is -0.494 e. The van der Waals surface area contributed by atoms with Crippen molar-refractivity contribution in [3.8, 4) is 5.75 Å². The molecule has 1 aromatic carbocycles. The minimum absolute atomic E-state index is 0.0310. The summed E-state index contributed by atoms with van der Waals surface area (Å²) in [5.41, 5.74) is -1.11. The number of aliphatic hydroxyl groups is 1. The number of benzene rings is 1. The highest BCUT2D eigenvalue weighted by molar-refractivity contribution is 9.09. The van der Waals surface area contributed by atoms with Gasteiger partial charge in [-0.15, -0.1) is 13.2 Å². The van der Waals surface area contributed by atoms with E-state index in [2.05, 4.69) is 29.1 Å². The van der Waals surface area contributed by atoms with Crippen LogP contribution in [0, 0.1) is 11.8 Å². The van der Waals surface area contributed by atoms with Gasteiger partial charge in [0, 0.05) is 35.7 Å². The third-order valence-electron chi connectivity index (χ3n) is 8.07. The number of fused-ring (bicyclic) bond motifs is 1. The number of likely N-dealkylation sites (tertiary alicyclic amines) is 1. The monoisotopic (exact) mass is 617 g/mol. The Morgan fingerprint density at radius 2 is 1.85 bits per heavy atom. The lowest BCUT2D eigenvalue weighted by atomic mass is 9.70. The number of ether oxygens (including phenoxy) is 2. The summed E-state index contributed by atoms with van der Waals surface area (Å²) in [7, 11) is 0. The average molecular weight is 619 g/mol. The van der Waals surface area contributed by atoms with Crippen LogP contribution in [-0.4, -0.2) is 93.6 Å². The summed E-state index contributed by atoms with van der Waals surface area (Å²) in [6.45, 7) is 16.0. The van der Waals surface area contributed by atoms with Crippen LogP contribution in [0.15, 0.2) is 49.6 Å². The van der Waals surface area contributed by atoms with Crippen molar-refractivity contribution < 1.29 is 29.0 Å². The van der Waals surface area contributed by atoms with Crippen molar-refractivity contribution >= 4 is 39.3 Å². The molecule has 1 spiro atoms. The van der Waals surface area contributed by atoms with Gasteiger partial charge in [-0.3, -0.25) is 14.4 Å². The summed E-state index contributed by atoms with van der Waals surface area (Å²) >= 11 is 3.72. The first-order valence-corrected chi connectivity index (χ1v) is 14.7. The molecule has 3 fully saturated rings. The summed E-state index contributed by atoms with van der Waals surface area (Å²) in [6, 6.07) is 6.23. The molecule has 3 saturated heterocycles. The van der Waals surface area contributed by atoms with Crippen molar-refractivity contribution in [2.75, 3.05) is 37.7 Å². The first-order chi connectivity index (χ1) is 19.0. The molecule has 3 unspecified atom stereocenters. The topological polar surface area (TPSA) is 99.6 Å². The molecule has 218 valence electrons. The van der Waals surface area contributed by atoms with Gasteiger partial charge in [-0.05, 0) is 58.4 Å². The first kappa shape index (κ1) is 30.3. The van der Waals surface area contributed by atoms with Crippen LogP contribution in [0.1, 0.15) is 34.1 Å². The molecule has 0 aromatic heterocycles. The molecule has 3 aliphatic heterocycles. The molecule has 0 aliphatic carbocycles. The Labute approximate surface area is 244 Å². The Balaban J connectivity index is 1.76. The van der Waals surface area contributed by atoms with Gasteiger partial charge in [0.05, 0.1) is 31.2 Å². The number of carbonyl (C=O) groups is 3. The fourth-order valence-electron chi connectivity index (χ4n) is 6.53. The quantitative estimate of drug-likeness (QED) is 0.302. The van der Waals surface area contributed by atoms with E-state index in [4.69, 9.17) is 9.47 Å². The largest absolute Gasteiger partial charge is 0.494 e. The lowest BCUT2D eigenvalue weighted by Crippen LogP contribution is -2.60. The van der Waals surface area contributed by atoms with E-state index in [0.29, 0.717) is 24.5 Å². The van der Waals surface area contributed by atoms with E-state index in [1.165, 1.54) is 4.90 Å². The molecule has 1 aromatic rings. The fraction of sp³-hybridized carbons (Fsp3) is 0.567. The summed E-state index contributed by atoms with van der Waals surface area (Å²) in [6.07, 6.45) is 3.10. The zero-order chi connectivity index (χ0) is 29.4. The Bertz CT molecular complexity index is 1150. The molecular formula is C30H40BrN3O6. The van der Waals surface area contributed by atoms with Gasteiger partial charge in [0.2, 0.25) is 17.7 Å². The molecule has 2 bridgehead atoms. The van der Waals surface area contributed by atoms with Gasteiger partial charge in [-0.2, -0.15) is 0 Å². The SMILES string of the molecule is C=CCN(C(=O)[C@H]1[C@@H]2OC3(CC2Br)C(C(=O)N(CC=C)C(C)(C)C)N(CCO)C(=O)[C@H]13)c1ccc(OCC)cc1. The van der Waals surface area contributed by atoms with Crippen LogP contribution >= 0.6 is 15.9 Å². The zero-order valence-corrected chi connectivity index (χ0v) is 25.3. The number of alkyl halides is 1. The number of anilines is 1. The van der Waals surface area contributed by atoms with E-state index in [1.807, 2.05) is 27.7 Å². The lowest BCUT2D eigenvalue weighted by Gasteiger charge is -2.42. The second kappa shape index (κ2) is 11.7. The Kier molecular flexibility index (Phi) is 8.82. The highest BCUT2D eigenvalue weighted by atomic mass is 79.9. The van der Waals surface area contributed by atoms with Gasteiger partial charge in [-0.1, -0.05) is 28.1 Å². The molecule has 9 nitrogen and oxygen atoms in total. The maximum atomic E-state index is 14.3. The van der Waals surface area contributed by atoms with E-state index >= 15 is 0 Å². The highest BCUT2D eigenvalue weighted by Gasteiger charge is 2.77. The minimum atomic E-state index is -1.20. The zero-order valence-electron chi connectivity index (χ0n) is 23.7. The molecule has 3 aliphatic rings. The normalized spacial score (nSPS) is 28.8. The van der Waals surface area contributed by atoms with E-state index in [9.17, 15) is 19.5 Å². The summed E-state index contributed by atoms with van der Waals surface area (Å²) < 4.78 is 12.2. The second-order valence-corrected chi connectivity index (χ2v) is 12.7. The second-order valence-electron chi connectivity index (χ2n) is 11.5. The summed E-state index contributed by atoms with van der Waals surface area (Å²) in [5.74, 6) is -1.88. The van der Waals surface area contributed by atoms with Crippen molar-refractivity contribution in [3.05, 3.63) is 49.6 Å². The van der Waals surface area contributed by atoms with Crippen molar-refractivity contribution in [2.45, 2.75) is 62.2 Å². The van der Waals surface area contributed by atoms with Gasteiger partial charge in [0.25, 0.3) is 0 Å². The van der Waals surface area contributed by atoms with Gasteiger partial charge in [0.15, 0.2) is 0 Å². The number of amides is 3. The molecule has 40 heavy (non-hydrogen) atoms. The Hall–Kier alpha value is -2.69. The number of rotatable bonds is 11. The smallest absolute Gasteiger partial charge is 0.249 e. The molecule has 0 saturated carbocycles. The van der Waals surface area contributed by atoms with Crippen LogP contribution in [0.3, 0.4) is 0 Å². The molecule has 0 radical (unpaired) electrons. The van der Waals surface area contributed by atoms with Crippen molar-refractivity contribution in [1.82, 2.24) is 9.80 Å². The molecule has 1 N–H and O–H groups in total. The number of hydrogen-bond donors (Lipinski definition) is 1. The average Bonchev–Trinajstić information content (AvgIpc) is 3.49. The van der Waals surface area contributed by atoms with Crippen LogP contribution in [0.5, 0.6) is 5.75 Å². The van der Waals surface area contributed by atoms with Crippen LogP contribution in [-0.2, 0) is 19.1 Å². The molecule has 10 heteroatoms. The van der Waals surface area contributed by atoms with E-state index in [0.717, 1.165) is 0 Å². The van der Waals surface area contributed by atoms with Gasteiger partial charge < -0.3 is 29.3 Å². The number of β-amino-alcohol motifs (C(OH)–C–C–N with tert-alkyl or cyclic N) is 1. The molecule has 4 rings (SSSR count). The predicted molar refractivity (Wildman–Crippen MR) is 156 cm³/mol. The maximum absolute atomic E-state index is 14.3. The fourth-order valence-corrected chi connectivity index (χ4v) is 7.47. The van der Waals surface area contributed by atoms with E-state index < -0.39 is 35.1 Å². The molecule has 3 amide bonds. The lowest BCUT2D eigenvalue weighted by molar-refractivity contribution is -0.151. The number of nitrogens with zero attached hydrogens (tertiary/aromatic N) is 3. The first-order valence-electron chi connectivity index (χ1n) is 13.8.